The van der Waals surface area contributed by atoms with E-state index in [0.29, 0.717) is 0 Å². The number of carboxylic acid groups (broad SMARTS) is 1. The van der Waals surface area contributed by atoms with Gasteiger partial charge in [-0.15, -0.1) is 11.8 Å². The number of carboxylic acids is 1. The number of hydrogen-bond acceptors (Lipinski definition) is 4. The fourth-order valence-electron chi connectivity index (χ4n) is 1.14. The van der Waals surface area contributed by atoms with Crippen molar-refractivity contribution in [2.75, 3.05) is 16.8 Å². The Bertz CT molecular complexity index is 514. The number of amides is 1. The van der Waals surface area contributed by atoms with Crippen molar-refractivity contribution in [1.29, 1.82) is 5.26 Å². The van der Waals surface area contributed by atoms with Crippen LogP contribution in [-0.4, -0.2) is 28.5 Å². The quantitative estimate of drug-likeness (QED) is 0.843. The molecule has 1 rings (SSSR count). The number of nitrogens with zero attached hydrogens (tertiary/aromatic N) is 1. The van der Waals surface area contributed by atoms with E-state index in [1.54, 1.807) is 6.07 Å². The Balaban J connectivity index is 2.59. The van der Waals surface area contributed by atoms with Crippen LogP contribution in [0.4, 0.5) is 10.1 Å². The highest BCUT2D eigenvalue weighted by molar-refractivity contribution is 8.00. The third-order valence-electron chi connectivity index (χ3n) is 1.83. The van der Waals surface area contributed by atoms with Crippen LogP contribution in [-0.2, 0) is 9.59 Å². The molecule has 2 N–H and O–H groups in total. The predicted octanol–water partition coefficient (Wildman–Crippen LogP) is 1.45. The highest BCUT2D eigenvalue weighted by Crippen LogP contribution is 2.16. The lowest BCUT2D eigenvalue weighted by Gasteiger charge is -2.06. The smallest absolute Gasteiger partial charge is 0.313 e. The zero-order chi connectivity index (χ0) is 13.5. The molecule has 0 aliphatic carbocycles. The van der Waals surface area contributed by atoms with Gasteiger partial charge in [-0.05, 0) is 18.2 Å². The average Bonchev–Trinajstić information content (AvgIpc) is 2.31. The molecule has 5 nitrogen and oxygen atoms in total. The van der Waals surface area contributed by atoms with Crippen molar-refractivity contribution in [3.63, 3.8) is 0 Å². The third-order valence-corrected chi connectivity index (χ3v) is 2.75. The van der Waals surface area contributed by atoms with E-state index in [0.717, 1.165) is 23.9 Å². The van der Waals surface area contributed by atoms with Crippen molar-refractivity contribution in [2.45, 2.75) is 0 Å². The number of benzene rings is 1. The monoisotopic (exact) mass is 268 g/mol. The molecular weight excluding hydrogens is 259 g/mol. The first-order valence-corrected chi connectivity index (χ1v) is 5.97. The van der Waals surface area contributed by atoms with Gasteiger partial charge >= 0.3 is 5.97 Å². The highest BCUT2D eigenvalue weighted by atomic mass is 32.2. The van der Waals surface area contributed by atoms with Crippen molar-refractivity contribution in [1.82, 2.24) is 0 Å². The molecule has 0 bridgehead atoms. The van der Waals surface area contributed by atoms with Crippen molar-refractivity contribution < 1.29 is 19.1 Å². The Labute approximate surface area is 107 Å². The Hall–Kier alpha value is -2.07. The molecule has 0 atom stereocenters. The number of aliphatic carboxylic acids is 1. The molecule has 0 aromatic heterocycles. The summed E-state index contributed by atoms with van der Waals surface area (Å²) in [5.74, 6) is -2.24. The minimum Gasteiger partial charge on any atom is -0.481 e. The number of carbonyl (C=O) groups excluding carboxylic acids is 1. The zero-order valence-electron chi connectivity index (χ0n) is 9.14. The molecule has 0 saturated carbocycles. The second-order valence-electron chi connectivity index (χ2n) is 3.24. The summed E-state index contributed by atoms with van der Waals surface area (Å²) in [7, 11) is 0. The molecule has 0 heterocycles. The molecule has 7 heteroatoms. The zero-order valence-corrected chi connectivity index (χ0v) is 9.96. The molecule has 0 aliphatic heterocycles. The van der Waals surface area contributed by atoms with Gasteiger partial charge < -0.3 is 10.4 Å². The minimum atomic E-state index is -1.01. The summed E-state index contributed by atoms with van der Waals surface area (Å²) in [6.45, 7) is 0. The molecule has 0 fully saturated rings. The Morgan fingerprint density at radius 1 is 1.44 bits per heavy atom. The van der Waals surface area contributed by atoms with Crippen molar-refractivity contribution >= 4 is 29.3 Å². The van der Waals surface area contributed by atoms with Crippen LogP contribution < -0.4 is 5.32 Å². The predicted molar refractivity (Wildman–Crippen MR) is 64.7 cm³/mol. The summed E-state index contributed by atoms with van der Waals surface area (Å²) in [5.41, 5.74) is 0.228. The molecule has 0 radical (unpaired) electrons. The molecule has 1 amide bonds. The molecule has 18 heavy (non-hydrogen) atoms. The fourth-order valence-corrected chi connectivity index (χ4v) is 1.67. The van der Waals surface area contributed by atoms with Gasteiger partial charge in [0, 0.05) is 0 Å². The number of carbonyl (C=O) groups is 2. The van der Waals surface area contributed by atoms with E-state index in [-0.39, 0.29) is 22.8 Å². The van der Waals surface area contributed by atoms with Crippen molar-refractivity contribution in [2.24, 2.45) is 0 Å². The summed E-state index contributed by atoms with van der Waals surface area (Å²) in [5, 5.41) is 19.6. The Morgan fingerprint density at radius 3 is 2.78 bits per heavy atom. The maximum Gasteiger partial charge on any atom is 0.313 e. The van der Waals surface area contributed by atoms with Gasteiger partial charge in [-0.1, -0.05) is 0 Å². The number of halogens is 1. The Morgan fingerprint density at radius 2 is 2.17 bits per heavy atom. The maximum atomic E-state index is 12.8. The van der Waals surface area contributed by atoms with Crippen LogP contribution in [0.5, 0.6) is 0 Å². The summed E-state index contributed by atoms with van der Waals surface area (Å²) in [6, 6.07) is 5.19. The second kappa shape index (κ2) is 6.61. The van der Waals surface area contributed by atoms with Crippen LogP contribution in [0.1, 0.15) is 5.56 Å². The van der Waals surface area contributed by atoms with Crippen LogP contribution in [0, 0.1) is 17.1 Å². The normalized spacial score (nSPS) is 9.56. The van der Waals surface area contributed by atoms with E-state index >= 15 is 0 Å². The van der Waals surface area contributed by atoms with Crippen LogP contribution in [0.25, 0.3) is 0 Å². The first-order valence-electron chi connectivity index (χ1n) is 4.82. The largest absolute Gasteiger partial charge is 0.481 e. The second-order valence-corrected chi connectivity index (χ2v) is 4.22. The lowest BCUT2D eigenvalue weighted by atomic mass is 10.2. The van der Waals surface area contributed by atoms with Gasteiger partial charge in [-0.3, -0.25) is 9.59 Å². The van der Waals surface area contributed by atoms with E-state index in [1.165, 1.54) is 6.07 Å². The molecule has 1 aromatic rings. The van der Waals surface area contributed by atoms with Crippen LogP contribution >= 0.6 is 11.8 Å². The number of thioether (sulfide) groups is 1. The van der Waals surface area contributed by atoms with E-state index in [4.69, 9.17) is 10.4 Å². The fraction of sp³-hybridized carbons (Fsp3) is 0.182. The average molecular weight is 268 g/mol. The number of hydrogen-bond donors (Lipinski definition) is 2. The van der Waals surface area contributed by atoms with Crippen LogP contribution in [0.15, 0.2) is 18.2 Å². The Kier molecular flexibility index (Phi) is 5.14. The first kappa shape index (κ1) is 14.0. The lowest BCUT2D eigenvalue weighted by Crippen LogP contribution is -2.16. The summed E-state index contributed by atoms with van der Waals surface area (Å²) in [4.78, 5) is 21.7. The van der Waals surface area contributed by atoms with Crippen LogP contribution in [0.3, 0.4) is 0 Å². The molecule has 94 valence electrons. The van der Waals surface area contributed by atoms with Gasteiger partial charge in [0.1, 0.15) is 11.9 Å². The number of rotatable bonds is 5. The molecule has 0 unspecified atom stereocenters. The van der Waals surface area contributed by atoms with Gasteiger partial charge in [0.2, 0.25) is 5.91 Å². The highest BCUT2D eigenvalue weighted by Gasteiger charge is 2.08. The third kappa shape index (κ3) is 4.43. The van der Waals surface area contributed by atoms with Gasteiger partial charge in [0.15, 0.2) is 0 Å². The summed E-state index contributed by atoms with van der Waals surface area (Å²) in [6.07, 6.45) is 0. The van der Waals surface area contributed by atoms with Gasteiger partial charge in [0.25, 0.3) is 0 Å². The molecule has 1 aromatic carbocycles. The first-order chi connectivity index (χ1) is 8.52. The number of nitriles is 1. The van der Waals surface area contributed by atoms with Crippen molar-refractivity contribution in [3.05, 3.63) is 29.6 Å². The lowest BCUT2D eigenvalue weighted by molar-refractivity contribution is -0.133. The van der Waals surface area contributed by atoms with E-state index in [9.17, 15) is 14.0 Å². The molecular formula is C11H9FN2O3S. The molecule has 0 spiro atoms. The van der Waals surface area contributed by atoms with E-state index in [1.807, 2.05) is 0 Å². The number of nitrogens with one attached hydrogen (secondary N) is 1. The molecule has 0 aliphatic rings. The number of anilines is 1. The van der Waals surface area contributed by atoms with Gasteiger partial charge in [0.05, 0.1) is 22.8 Å². The van der Waals surface area contributed by atoms with Crippen molar-refractivity contribution in [3.8, 4) is 6.07 Å². The minimum absolute atomic E-state index is 0.0200. The van der Waals surface area contributed by atoms with E-state index < -0.39 is 17.7 Å². The molecule has 0 saturated heterocycles. The van der Waals surface area contributed by atoms with Crippen LogP contribution in [0.2, 0.25) is 0 Å². The maximum absolute atomic E-state index is 12.8. The SMILES string of the molecule is N#Cc1cc(F)ccc1NC(=O)CSCC(=O)O. The standard InChI is InChI=1S/C11H9FN2O3S/c12-8-1-2-9(7(3-8)4-13)14-10(15)5-18-6-11(16)17/h1-3H,5-6H2,(H,14,15)(H,16,17). The van der Waals surface area contributed by atoms with Gasteiger partial charge in [-0.2, -0.15) is 5.26 Å². The van der Waals surface area contributed by atoms with E-state index in [2.05, 4.69) is 5.32 Å². The summed E-state index contributed by atoms with van der Waals surface area (Å²) >= 11 is 0.937. The topological polar surface area (TPSA) is 90.2 Å². The summed E-state index contributed by atoms with van der Waals surface area (Å²) < 4.78 is 12.8. The van der Waals surface area contributed by atoms with Gasteiger partial charge in [-0.25, -0.2) is 4.39 Å².